The van der Waals surface area contributed by atoms with Crippen molar-refractivity contribution in [2.45, 2.75) is 46.0 Å². The highest BCUT2D eigenvalue weighted by atomic mass is 16.6. The number of unbranched alkanes of at least 4 members (excludes halogenated alkanes) is 2. The van der Waals surface area contributed by atoms with Gasteiger partial charge in [0.15, 0.2) is 0 Å². The van der Waals surface area contributed by atoms with Gasteiger partial charge < -0.3 is 30.3 Å². The normalized spacial score (nSPS) is 14.8. The molecule has 0 unspecified atom stereocenters. The predicted octanol–water partition coefficient (Wildman–Crippen LogP) is 11.1. The molecule has 7 heterocycles. The van der Waals surface area contributed by atoms with Crippen LogP contribution < -0.4 is 15.5 Å². The van der Waals surface area contributed by atoms with Gasteiger partial charge in [0.05, 0.1) is 33.0 Å². The lowest BCUT2D eigenvalue weighted by molar-refractivity contribution is -0.383. The summed E-state index contributed by atoms with van der Waals surface area (Å²) in [6, 6.07) is 37.9. The third kappa shape index (κ3) is 11.7. The van der Waals surface area contributed by atoms with Crippen molar-refractivity contribution >= 4 is 61.9 Å². The number of imidazole rings is 1. The first kappa shape index (κ1) is 48.1. The summed E-state index contributed by atoms with van der Waals surface area (Å²) in [6.45, 7) is 22.2. The Morgan fingerprint density at radius 3 is 2.01 bits per heavy atom. The monoisotopic (exact) mass is 948 g/mol. The van der Waals surface area contributed by atoms with Gasteiger partial charge in [-0.05, 0) is 128 Å². The second kappa shape index (κ2) is 22.7. The van der Waals surface area contributed by atoms with Gasteiger partial charge in [-0.25, -0.2) is 4.98 Å². The Morgan fingerprint density at radius 2 is 1.38 bits per heavy atom. The number of nitro groups is 1. The molecule has 15 nitrogen and oxygen atoms in total. The zero-order valence-corrected chi connectivity index (χ0v) is 40.6. The average molecular weight is 948 g/mol. The number of nitro benzene ring substituents is 1. The molecule has 0 bridgehead atoms. The molecule has 0 radical (unpaired) electrons. The van der Waals surface area contributed by atoms with Crippen molar-refractivity contribution in [3.8, 4) is 22.6 Å². The van der Waals surface area contributed by atoms with Crippen LogP contribution in [-0.2, 0) is 6.42 Å². The minimum absolute atomic E-state index is 0.107. The lowest BCUT2D eigenvalue weighted by atomic mass is 10.0. The number of pyridine rings is 2. The Bertz CT molecular complexity index is 3140. The lowest BCUT2D eigenvalue weighted by Crippen LogP contribution is -2.46. The number of nitrogens with two attached hydrogens (primary N) is 1. The second-order valence-corrected chi connectivity index (χ2v) is 18.2. The maximum absolute atomic E-state index is 11.2. The van der Waals surface area contributed by atoms with E-state index in [-0.39, 0.29) is 11.4 Å². The van der Waals surface area contributed by atoms with Crippen LogP contribution in [0.5, 0.6) is 0 Å². The second-order valence-electron chi connectivity index (χ2n) is 18.2. The minimum atomic E-state index is -0.472. The van der Waals surface area contributed by atoms with Crippen LogP contribution in [0.25, 0.3) is 49.4 Å². The predicted molar refractivity (Wildman–Crippen MR) is 288 cm³/mol. The van der Waals surface area contributed by atoms with Crippen molar-refractivity contribution in [1.82, 2.24) is 34.7 Å². The van der Waals surface area contributed by atoms with Crippen molar-refractivity contribution in [3.05, 3.63) is 160 Å². The summed E-state index contributed by atoms with van der Waals surface area (Å²) in [5.41, 5.74) is 18.5. The Morgan fingerprint density at radius 1 is 0.704 bits per heavy atom. The highest BCUT2D eigenvalue weighted by Gasteiger charge is 2.21. The fraction of sp³-hybridized carbons (Fsp3) is 0.304. The van der Waals surface area contributed by atoms with Gasteiger partial charge in [-0.15, -0.1) is 4.98 Å². The highest BCUT2D eigenvalue weighted by Crippen LogP contribution is 2.35. The third-order valence-corrected chi connectivity index (χ3v) is 13.4. The molecular formula is C56H61N13O2. The molecule has 0 amide bonds. The summed E-state index contributed by atoms with van der Waals surface area (Å²) >= 11 is 0. The number of aromatic nitrogens is 5. The zero-order valence-electron chi connectivity index (χ0n) is 40.6. The molecule has 0 saturated carbocycles. The summed E-state index contributed by atoms with van der Waals surface area (Å²) in [7, 11) is 0. The van der Waals surface area contributed by atoms with E-state index >= 15 is 0 Å². The number of aliphatic imine (C=N–C) groups is 1. The molecule has 3 aliphatic rings. The van der Waals surface area contributed by atoms with Gasteiger partial charge in [-0.3, -0.25) is 29.9 Å². The quantitative estimate of drug-likeness (QED) is 0.0464. The van der Waals surface area contributed by atoms with E-state index in [9.17, 15) is 10.1 Å². The molecule has 15 heteroatoms. The largest absolute Gasteiger partial charge is 0.393 e. The Kier molecular flexibility index (Phi) is 15.4. The van der Waals surface area contributed by atoms with E-state index in [0.29, 0.717) is 17.2 Å². The average Bonchev–Trinajstić information content (AvgIpc) is 4.18. The number of nitrogen functional groups attached to an aromatic ring is 1. The Hall–Kier alpha value is -7.93. The highest BCUT2D eigenvalue weighted by molar-refractivity contribution is 6.05. The molecule has 0 aliphatic carbocycles. The molecule has 0 spiro atoms. The number of hydrogen-bond donors (Lipinski definition) is 3. The van der Waals surface area contributed by atoms with E-state index in [1.54, 1.807) is 36.5 Å². The van der Waals surface area contributed by atoms with Crippen molar-refractivity contribution in [3.63, 3.8) is 0 Å². The van der Waals surface area contributed by atoms with E-state index in [0.717, 1.165) is 92.6 Å². The van der Waals surface area contributed by atoms with E-state index < -0.39 is 4.92 Å². The number of hydrogen-bond acceptors (Lipinski definition) is 11. The zero-order chi connectivity index (χ0) is 49.1. The van der Waals surface area contributed by atoms with E-state index in [2.05, 4.69) is 118 Å². The first-order valence-corrected chi connectivity index (χ1v) is 24.8. The molecule has 4 aromatic heterocycles. The SMILES string of the molecule is CCCCN1CCN(c2ccc3[nH]c(-c4ccc5c(c4)CC(c4ccccn4)=N5)cc3c2)CC1.CCCCN1CCN(c2ccc3nc(-c4ccc(N)c([N+](=O)[O-])c4)[nH]c3c2)CC1.[C-]#[N+]c1ccccn1. The van der Waals surface area contributed by atoms with Crippen LogP contribution in [0.15, 0.2) is 133 Å². The summed E-state index contributed by atoms with van der Waals surface area (Å²) in [4.78, 5) is 48.4. The fourth-order valence-corrected chi connectivity index (χ4v) is 9.35. The van der Waals surface area contributed by atoms with Crippen LogP contribution in [0.4, 0.5) is 34.3 Å². The molecule has 362 valence electrons. The lowest BCUT2D eigenvalue weighted by Gasteiger charge is -2.36. The molecule has 3 aliphatic heterocycles. The van der Waals surface area contributed by atoms with Crippen LogP contribution in [0.3, 0.4) is 0 Å². The van der Waals surface area contributed by atoms with Crippen molar-refractivity contribution in [1.29, 1.82) is 0 Å². The number of rotatable bonds is 12. The van der Waals surface area contributed by atoms with Gasteiger partial charge in [-0.2, -0.15) is 0 Å². The molecule has 4 N–H and O–H groups in total. The van der Waals surface area contributed by atoms with Gasteiger partial charge in [-0.1, -0.05) is 51.5 Å². The Balaban J connectivity index is 0.000000153. The topological polar surface area (TPSA) is 169 Å². The van der Waals surface area contributed by atoms with Gasteiger partial charge in [0.25, 0.3) is 11.5 Å². The molecule has 71 heavy (non-hydrogen) atoms. The third-order valence-electron chi connectivity index (χ3n) is 13.4. The smallest absolute Gasteiger partial charge is 0.292 e. The van der Waals surface area contributed by atoms with Crippen molar-refractivity contribution < 1.29 is 4.92 Å². The van der Waals surface area contributed by atoms with E-state index in [1.165, 1.54) is 78.2 Å². The van der Waals surface area contributed by atoms with Gasteiger partial charge in [0.2, 0.25) is 0 Å². The van der Waals surface area contributed by atoms with Gasteiger partial charge in [0, 0.05) is 105 Å². The number of anilines is 3. The summed E-state index contributed by atoms with van der Waals surface area (Å²) in [5.74, 6) is 1.05. The number of H-pyrrole nitrogens is 2. The minimum Gasteiger partial charge on any atom is -0.393 e. The van der Waals surface area contributed by atoms with E-state index in [1.807, 2.05) is 30.5 Å². The van der Waals surface area contributed by atoms with Crippen molar-refractivity contribution in [2.24, 2.45) is 4.99 Å². The van der Waals surface area contributed by atoms with Crippen LogP contribution in [0.2, 0.25) is 0 Å². The number of nitrogens with one attached hydrogen (secondary N) is 2. The fourth-order valence-electron chi connectivity index (χ4n) is 9.35. The maximum Gasteiger partial charge on any atom is 0.292 e. The number of nitrogens with zero attached hydrogens (tertiary/aromatic N) is 10. The summed E-state index contributed by atoms with van der Waals surface area (Å²) in [5, 5.41) is 12.4. The first-order valence-electron chi connectivity index (χ1n) is 24.8. The van der Waals surface area contributed by atoms with Crippen LogP contribution >= 0.6 is 0 Å². The molecule has 8 aromatic rings. The van der Waals surface area contributed by atoms with Crippen LogP contribution in [0, 0.1) is 16.7 Å². The summed E-state index contributed by atoms with van der Waals surface area (Å²) < 4.78 is 0. The van der Waals surface area contributed by atoms with E-state index in [4.69, 9.17) is 17.3 Å². The number of fused-ring (bicyclic) bond motifs is 3. The summed E-state index contributed by atoms with van der Waals surface area (Å²) in [6.07, 6.45) is 9.33. The molecule has 2 fully saturated rings. The standard InChI is InChI=1S/C29H31N5.C21H26N6O2.C6H4N2/c1-2-3-12-33-13-15-34(16-14-33)24-8-10-26-23(18-24)19-28(31-26)21-7-9-25-22(17-21)20-29(32-25)27-6-4-5-11-30-27;1-2-3-8-25-9-11-26(12-10-25)16-5-7-18-19(14-16)24-21(23-18)15-4-6-17(22)20(13-15)27(28)29;1-7-6-4-2-3-5-8-6/h4-11,17-19,31H,2-3,12-16,20H2,1H3;4-7,13-14H,2-3,8-12,22H2,1H3,(H,23,24);2-5H. The first-order chi connectivity index (χ1) is 34.7. The molecular weight excluding hydrogens is 887 g/mol. The maximum atomic E-state index is 11.2. The molecule has 4 aromatic carbocycles. The molecule has 0 atom stereocenters. The molecule has 2 saturated heterocycles. The number of aromatic amines is 2. The Labute approximate surface area is 415 Å². The number of piperazine rings is 2. The van der Waals surface area contributed by atoms with Crippen molar-refractivity contribution in [2.75, 3.05) is 81.0 Å². The van der Waals surface area contributed by atoms with Crippen LogP contribution in [0.1, 0.15) is 50.8 Å². The van der Waals surface area contributed by atoms with Crippen LogP contribution in [-0.4, -0.2) is 111 Å². The van der Waals surface area contributed by atoms with Gasteiger partial charge in [0.1, 0.15) is 17.7 Å². The van der Waals surface area contributed by atoms with Gasteiger partial charge >= 0.3 is 0 Å². The molecule has 11 rings (SSSR count). The number of benzene rings is 4.